The third kappa shape index (κ3) is 2.36. The van der Waals surface area contributed by atoms with Gasteiger partial charge >= 0.3 is 0 Å². The number of hydrogen-bond donors (Lipinski definition) is 1. The van der Waals surface area contributed by atoms with Gasteiger partial charge < -0.3 is 10.2 Å². The Hall–Kier alpha value is -1.06. The van der Waals surface area contributed by atoms with Gasteiger partial charge in [-0.15, -0.1) is 0 Å². The van der Waals surface area contributed by atoms with Crippen molar-refractivity contribution in [1.82, 2.24) is 10.2 Å². The number of amides is 1. The van der Waals surface area contributed by atoms with Crippen LogP contribution in [-0.4, -0.2) is 37.0 Å². The fourth-order valence-corrected chi connectivity index (χ4v) is 2.15. The lowest BCUT2D eigenvalue weighted by molar-refractivity contribution is -0.133. The van der Waals surface area contributed by atoms with E-state index in [-0.39, 0.29) is 11.9 Å². The Morgan fingerprint density at radius 2 is 2.25 bits per heavy atom. The number of likely N-dealkylation sites (N-methyl/N-ethyl adjacent to an activating group) is 1. The van der Waals surface area contributed by atoms with Gasteiger partial charge in [-0.2, -0.15) is 0 Å². The van der Waals surface area contributed by atoms with E-state index in [4.69, 9.17) is 11.6 Å². The second-order valence-electron chi connectivity index (χ2n) is 4.08. The quantitative estimate of drug-likeness (QED) is 0.843. The third-order valence-corrected chi connectivity index (χ3v) is 3.38. The van der Waals surface area contributed by atoms with Crippen LogP contribution in [0.5, 0.6) is 0 Å². The summed E-state index contributed by atoms with van der Waals surface area (Å²) in [6.45, 7) is 1.27. The monoisotopic (exact) mass is 238 g/mol. The predicted molar refractivity (Wildman–Crippen MR) is 64.6 cm³/mol. The van der Waals surface area contributed by atoms with Gasteiger partial charge in [0.25, 0.3) is 0 Å². The van der Waals surface area contributed by atoms with E-state index in [1.165, 1.54) is 0 Å². The number of hydrogen-bond acceptors (Lipinski definition) is 2. The van der Waals surface area contributed by atoms with Crippen molar-refractivity contribution in [2.24, 2.45) is 0 Å². The van der Waals surface area contributed by atoms with Crippen molar-refractivity contribution in [2.75, 3.05) is 20.1 Å². The van der Waals surface area contributed by atoms with Crippen LogP contribution in [0.15, 0.2) is 24.3 Å². The summed E-state index contributed by atoms with van der Waals surface area (Å²) in [6, 6.07) is 7.98. The maximum absolute atomic E-state index is 11.5. The van der Waals surface area contributed by atoms with Crippen LogP contribution in [-0.2, 0) is 11.2 Å². The third-order valence-electron chi connectivity index (χ3n) is 3.01. The summed E-state index contributed by atoms with van der Waals surface area (Å²) in [5.74, 6) is 0.142. The number of nitrogens with one attached hydrogen (secondary N) is 1. The molecule has 0 bridgehead atoms. The first-order valence-electron chi connectivity index (χ1n) is 5.38. The van der Waals surface area contributed by atoms with Crippen molar-refractivity contribution < 1.29 is 4.79 Å². The first-order valence-corrected chi connectivity index (χ1v) is 5.76. The molecule has 1 heterocycles. The van der Waals surface area contributed by atoms with E-state index < -0.39 is 0 Å². The second-order valence-corrected chi connectivity index (χ2v) is 4.49. The Bertz CT molecular complexity index is 394. The molecule has 1 amide bonds. The van der Waals surface area contributed by atoms with E-state index in [1.54, 1.807) is 4.90 Å². The molecule has 1 aromatic carbocycles. The molecule has 0 aromatic heterocycles. The van der Waals surface area contributed by atoms with Gasteiger partial charge in [-0.3, -0.25) is 4.79 Å². The molecule has 1 unspecified atom stereocenters. The van der Waals surface area contributed by atoms with Crippen molar-refractivity contribution in [1.29, 1.82) is 0 Å². The topological polar surface area (TPSA) is 32.3 Å². The zero-order chi connectivity index (χ0) is 11.5. The van der Waals surface area contributed by atoms with Gasteiger partial charge in [-0.25, -0.2) is 0 Å². The fraction of sp³-hybridized carbons (Fsp3) is 0.417. The minimum Gasteiger partial charge on any atom is -0.340 e. The molecule has 3 nitrogen and oxygen atoms in total. The lowest BCUT2D eigenvalue weighted by Crippen LogP contribution is -2.53. The molecule has 0 aliphatic carbocycles. The molecule has 1 atom stereocenters. The van der Waals surface area contributed by atoms with Crippen LogP contribution in [0.3, 0.4) is 0 Å². The molecule has 0 saturated carbocycles. The highest BCUT2D eigenvalue weighted by Crippen LogP contribution is 2.18. The van der Waals surface area contributed by atoms with Crippen LogP contribution < -0.4 is 5.32 Å². The van der Waals surface area contributed by atoms with Gasteiger partial charge in [0.2, 0.25) is 5.91 Å². The molecule has 1 saturated heterocycles. The van der Waals surface area contributed by atoms with Crippen molar-refractivity contribution in [3.05, 3.63) is 34.9 Å². The molecule has 86 valence electrons. The highest BCUT2D eigenvalue weighted by Gasteiger charge is 2.24. The number of piperazine rings is 1. The maximum Gasteiger partial charge on any atom is 0.236 e. The van der Waals surface area contributed by atoms with Gasteiger partial charge in [0, 0.05) is 24.7 Å². The van der Waals surface area contributed by atoms with Gasteiger partial charge in [0.15, 0.2) is 0 Å². The summed E-state index contributed by atoms with van der Waals surface area (Å²) in [5.41, 5.74) is 1.09. The van der Waals surface area contributed by atoms with Crippen LogP contribution in [0.25, 0.3) is 0 Å². The molecule has 1 aliphatic heterocycles. The van der Waals surface area contributed by atoms with Crippen LogP contribution in [0.2, 0.25) is 5.02 Å². The van der Waals surface area contributed by atoms with Gasteiger partial charge in [-0.1, -0.05) is 29.8 Å². The summed E-state index contributed by atoms with van der Waals surface area (Å²) < 4.78 is 0. The van der Waals surface area contributed by atoms with E-state index in [0.717, 1.165) is 23.6 Å². The summed E-state index contributed by atoms with van der Waals surface area (Å²) in [4.78, 5) is 13.3. The normalized spacial score (nSPS) is 21.2. The van der Waals surface area contributed by atoms with E-state index in [9.17, 15) is 4.79 Å². The molecule has 2 rings (SSSR count). The first-order chi connectivity index (χ1) is 7.68. The number of rotatable bonds is 2. The smallest absolute Gasteiger partial charge is 0.236 e. The molecule has 1 aromatic rings. The summed E-state index contributed by atoms with van der Waals surface area (Å²) in [5, 5.41) is 3.89. The summed E-state index contributed by atoms with van der Waals surface area (Å²) in [6.07, 6.45) is 0.801. The zero-order valence-electron chi connectivity index (χ0n) is 9.24. The highest BCUT2D eigenvalue weighted by molar-refractivity contribution is 6.31. The zero-order valence-corrected chi connectivity index (χ0v) is 10.00. The Labute approximate surface area is 100 Å². The molecule has 1 N–H and O–H groups in total. The van der Waals surface area contributed by atoms with E-state index in [1.807, 2.05) is 31.3 Å². The Morgan fingerprint density at radius 1 is 1.50 bits per heavy atom. The SMILES string of the molecule is CN1C(=O)CNCC1Cc1ccccc1Cl. The van der Waals surface area contributed by atoms with Crippen LogP contribution >= 0.6 is 11.6 Å². The highest BCUT2D eigenvalue weighted by atomic mass is 35.5. The number of carbonyl (C=O) groups is 1. The molecule has 0 spiro atoms. The number of nitrogens with zero attached hydrogens (tertiary/aromatic N) is 1. The Kier molecular flexibility index (Phi) is 3.46. The van der Waals surface area contributed by atoms with Crippen molar-refractivity contribution in [3.8, 4) is 0 Å². The Morgan fingerprint density at radius 3 is 3.00 bits per heavy atom. The first kappa shape index (κ1) is 11.4. The molecular weight excluding hydrogens is 224 g/mol. The molecule has 16 heavy (non-hydrogen) atoms. The summed E-state index contributed by atoms with van der Waals surface area (Å²) >= 11 is 6.10. The van der Waals surface area contributed by atoms with Gasteiger partial charge in [0.1, 0.15) is 0 Å². The van der Waals surface area contributed by atoms with Gasteiger partial charge in [-0.05, 0) is 18.1 Å². The van der Waals surface area contributed by atoms with Crippen molar-refractivity contribution in [3.63, 3.8) is 0 Å². The van der Waals surface area contributed by atoms with Crippen LogP contribution in [0, 0.1) is 0 Å². The van der Waals surface area contributed by atoms with Crippen molar-refractivity contribution in [2.45, 2.75) is 12.5 Å². The Balaban J connectivity index is 2.09. The molecule has 1 fully saturated rings. The van der Waals surface area contributed by atoms with E-state index >= 15 is 0 Å². The van der Waals surface area contributed by atoms with Crippen molar-refractivity contribution >= 4 is 17.5 Å². The lowest BCUT2D eigenvalue weighted by Gasteiger charge is -2.33. The minimum atomic E-state index is 0.142. The van der Waals surface area contributed by atoms with Gasteiger partial charge in [0.05, 0.1) is 6.54 Å². The maximum atomic E-state index is 11.5. The minimum absolute atomic E-state index is 0.142. The average Bonchev–Trinajstić information content (AvgIpc) is 2.28. The van der Waals surface area contributed by atoms with E-state index in [2.05, 4.69) is 5.32 Å². The lowest BCUT2D eigenvalue weighted by atomic mass is 10.0. The number of halogens is 1. The molecule has 0 radical (unpaired) electrons. The second kappa shape index (κ2) is 4.85. The largest absolute Gasteiger partial charge is 0.340 e. The fourth-order valence-electron chi connectivity index (χ4n) is 1.94. The van der Waals surface area contributed by atoms with Crippen LogP contribution in [0.1, 0.15) is 5.56 Å². The average molecular weight is 239 g/mol. The predicted octanol–water partition coefficient (Wildman–Crippen LogP) is 1.31. The number of benzene rings is 1. The van der Waals surface area contributed by atoms with E-state index in [0.29, 0.717) is 6.54 Å². The molecular formula is C12H15ClN2O. The molecule has 4 heteroatoms. The molecule has 1 aliphatic rings. The standard InChI is InChI=1S/C12H15ClN2O/c1-15-10(7-14-8-12(15)16)6-9-4-2-3-5-11(9)13/h2-5,10,14H,6-8H2,1H3. The summed E-state index contributed by atoms with van der Waals surface area (Å²) in [7, 11) is 1.85. The van der Waals surface area contributed by atoms with Crippen LogP contribution in [0.4, 0.5) is 0 Å². The number of carbonyl (C=O) groups excluding carboxylic acids is 1.